The van der Waals surface area contributed by atoms with Crippen molar-refractivity contribution < 1.29 is 4.79 Å². The molecule has 0 bridgehead atoms. The van der Waals surface area contributed by atoms with E-state index in [1.165, 1.54) is 32.1 Å². The van der Waals surface area contributed by atoms with Gasteiger partial charge in [0, 0.05) is 17.4 Å². The van der Waals surface area contributed by atoms with Crippen molar-refractivity contribution in [2.24, 2.45) is 0 Å². The fourth-order valence-electron chi connectivity index (χ4n) is 1.96. The zero-order valence-electron chi connectivity index (χ0n) is 11.8. The van der Waals surface area contributed by atoms with Crippen LogP contribution < -0.4 is 5.32 Å². The molecular weight excluding hydrogens is 302 g/mol. The largest absolute Gasteiger partial charge is 0.352 e. The van der Waals surface area contributed by atoms with Gasteiger partial charge in [-0.15, -0.1) is 0 Å². The minimum absolute atomic E-state index is 0.165. The highest BCUT2D eigenvalue weighted by Gasteiger charge is 2.01. The van der Waals surface area contributed by atoms with Crippen LogP contribution >= 0.6 is 15.9 Å². The molecule has 3 heteroatoms. The van der Waals surface area contributed by atoms with Gasteiger partial charge in [0.05, 0.1) is 0 Å². The molecule has 1 aromatic rings. The van der Waals surface area contributed by atoms with E-state index in [4.69, 9.17) is 0 Å². The van der Waals surface area contributed by atoms with E-state index < -0.39 is 0 Å². The second kappa shape index (κ2) is 10.0. The molecule has 0 aliphatic heterocycles. The molecule has 0 atom stereocenters. The average Bonchev–Trinajstić information content (AvgIpc) is 2.42. The second-order valence-corrected chi connectivity index (χ2v) is 5.84. The molecule has 106 valence electrons. The van der Waals surface area contributed by atoms with Crippen molar-refractivity contribution in [2.75, 3.05) is 0 Å². The monoisotopic (exact) mass is 325 g/mol. The average molecular weight is 326 g/mol. The molecule has 19 heavy (non-hydrogen) atoms. The number of benzene rings is 1. The fourth-order valence-corrected chi connectivity index (χ4v) is 2.22. The molecule has 1 N–H and O–H groups in total. The lowest BCUT2D eigenvalue weighted by atomic mass is 10.1. The summed E-state index contributed by atoms with van der Waals surface area (Å²) in [4.78, 5) is 11.7. The van der Waals surface area contributed by atoms with Gasteiger partial charge in [-0.3, -0.25) is 4.79 Å². The first-order valence-corrected chi connectivity index (χ1v) is 8.03. The summed E-state index contributed by atoms with van der Waals surface area (Å²) in [5.74, 6) is 0.165. The SMILES string of the molecule is CCCCCCCCC(=O)NCc1ccc(Br)cc1. The van der Waals surface area contributed by atoms with Crippen LogP contribution in [0.4, 0.5) is 0 Å². The topological polar surface area (TPSA) is 29.1 Å². The predicted octanol–water partition coefficient (Wildman–Crippen LogP) is 4.82. The molecule has 0 radical (unpaired) electrons. The molecule has 0 unspecified atom stereocenters. The Hall–Kier alpha value is -0.830. The lowest BCUT2D eigenvalue weighted by Crippen LogP contribution is -2.22. The van der Waals surface area contributed by atoms with E-state index in [0.717, 1.165) is 16.5 Å². The first-order chi connectivity index (χ1) is 9.22. The normalized spacial score (nSPS) is 10.4. The molecule has 1 rings (SSSR count). The van der Waals surface area contributed by atoms with Crippen molar-refractivity contribution in [3.05, 3.63) is 34.3 Å². The number of nitrogens with one attached hydrogen (secondary N) is 1. The summed E-state index contributed by atoms with van der Waals surface area (Å²) in [6.07, 6.45) is 7.98. The summed E-state index contributed by atoms with van der Waals surface area (Å²) in [5, 5.41) is 2.97. The van der Waals surface area contributed by atoms with Crippen molar-refractivity contribution in [2.45, 2.75) is 58.4 Å². The summed E-state index contributed by atoms with van der Waals surface area (Å²) < 4.78 is 1.06. The Balaban J connectivity index is 2.06. The van der Waals surface area contributed by atoms with E-state index in [0.29, 0.717) is 13.0 Å². The number of hydrogen-bond acceptors (Lipinski definition) is 1. The highest BCUT2D eigenvalue weighted by Crippen LogP contribution is 2.10. The van der Waals surface area contributed by atoms with E-state index in [2.05, 4.69) is 28.2 Å². The van der Waals surface area contributed by atoms with Gasteiger partial charge in [-0.05, 0) is 24.1 Å². The van der Waals surface area contributed by atoms with E-state index in [1.54, 1.807) is 0 Å². The van der Waals surface area contributed by atoms with E-state index >= 15 is 0 Å². The number of carbonyl (C=O) groups is 1. The lowest BCUT2D eigenvalue weighted by molar-refractivity contribution is -0.121. The Morgan fingerprint density at radius 1 is 1.05 bits per heavy atom. The Bertz CT molecular complexity index is 362. The maximum Gasteiger partial charge on any atom is 0.220 e. The number of rotatable bonds is 9. The molecule has 0 aliphatic rings. The van der Waals surface area contributed by atoms with Crippen molar-refractivity contribution >= 4 is 21.8 Å². The third kappa shape index (κ3) is 8.04. The smallest absolute Gasteiger partial charge is 0.220 e. The fraction of sp³-hybridized carbons (Fsp3) is 0.562. The van der Waals surface area contributed by atoms with Gasteiger partial charge >= 0.3 is 0 Å². The second-order valence-electron chi connectivity index (χ2n) is 4.92. The van der Waals surface area contributed by atoms with Crippen LogP contribution in [0.1, 0.15) is 57.4 Å². The standard InChI is InChI=1S/C16H24BrNO/c1-2-3-4-5-6-7-8-16(19)18-13-14-9-11-15(17)12-10-14/h9-12H,2-8,13H2,1H3,(H,18,19). The van der Waals surface area contributed by atoms with Crippen molar-refractivity contribution in [3.8, 4) is 0 Å². The van der Waals surface area contributed by atoms with Crippen LogP contribution in [0.3, 0.4) is 0 Å². The van der Waals surface area contributed by atoms with Crippen LogP contribution in [0.15, 0.2) is 28.7 Å². The molecule has 1 aromatic carbocycles. The van der Waals surface area contributed by atoms with Gasteiger partial charge in [0.25, 0.3) is 0 Å². The zero-order chi connectivity index (χ0) is 13.9. The van der Waals surface area contributed by atoms with Crippen LogP contribution in [0.25, 0.3) is 0 Å². The Kier molecular flexibility index (Phi) is 8.55. The van der Waals surface area contributed by atoms with E-state index in [9.17, 15) is 4.79 Å². The minimum atomic E-state index is 0.165. The summed E-state index contributed by atoms with van der Waals surface area (Å²) in [5.41, 5.74) is 1.14. The first kappa shape index (κ1) is 16.2. The number of halogens is 1. The number of carbonyl (C=O) groups excluding carboxylic acids is 1. The number of amides is 1. The molecule has 0 aliphatic carbocycles. The van der Waals surface area contributed by atoms with Crippen molar-refractivity contribution in [1.29, 1.82) is 0 Å². The van der Waals surface area contributed by atoms with Crippen LogP contribution in [0.2, 0.25) is 0 Å². The van der Waals surface area contributed by atoms with E-state index in [-0.39, 0.29) is 5.91 Å². The van der Waals surface area contributed by atoms with Gasteiger partial charge in [-0.1, -0.05) is 67.1 Å². The summed E-state index contributed by atoms with van der Waals surface area (Å²) in [7, 11) is 0. The quantitative estimate of drug-likeness (QED) is 0.648. The number of hydrogen-bond donors (Lipinski definition) is 1. The molecule has 0 fully saturated rings. The molecule has 1 amide bonds. The minimum Gasteiger partial charge on any atom is -0.352 e. The molecule has 0 saturated heterocycles. The van der Waals surface area contributed by atoms with Gasteiger partial charge in [-0.2, -0.15) is 0 Å². The van der Waals surface area contributed by atoms with Crippen LogP contribution in [0.5, 0.6) is 0 Å². The van der Waals surface area contributed by atoms with Gasteiger partial charge in [0.2, 0.25) is 5.91 Å². The zero-order valence-corrected chi connectivity index (χ0v) is 13.3. The van der Waals surface area contributed by atoms with Crippen LogP contribution in [-0.4, -0.2) is 5.91 Å². The molecule has 2 nitrogen and oxygen atoms in total. The Morgan fingerprint density at radius 3 is 2.37 bits per heavy atom. The first-order valence-electron chi connectivity index (χ1n) is 7.23. The van der Waals surface area contributed by atoms with Crippen LogP contribution in [0, 0.1) is 0 Å². The summed E-state index contributed by atoms with van der Waals surface area (Å²) in [6.45, 7) is 2.84. The Morgan fingerprint density at radius 2 is 1.68 bits per heavy atom. The molecular formula is C16H24BrNO. The van der Waals surface area contributed by atoms with Crippen LogP contribution in [-0.2, 0) is 11.3 Å². The molecule has 0 aromatic heterocycles. The third-order valence-corrected chi connectivity index (χ3v) is 3.69. The lowest BCUT2D eigenvalue weighted by Gasteiger charge is -2.05. The summed E-state index contributed by atoms with van der Waals surface area (Å²) >= 11 is 3.40. The molecule has 0 saturated carbocycles. The maximum absolute atomic E-state index is 11.7. The molecule has 0 heterocycles. The van der Waals surface area contributed by atoms with Gasteiger partial charge in [0.15, 0.2) is 0 Å². The van der Waals surface area contributed by atoms with E-state index in [1.807, 2.05) is 24.3 Å². The third-order valence-electron chi connectivity index (χ3n) is 3.16. The van der Waals surface area contributed by atoms with Crippen molar-refractivity contribution in [1.82, 2.24) is 5.32 Å². The van der Waals surface area contributed by atoms with Gasteiger partial charge in [0.1, 0.15) is 0 Å². The van der Waals surface area contributed by atoms with Gasteiger partial charge in [-0.25, -0.2) is 0 Å². The van der Waals surface area contributed by atoms with Gasteiger partial charge < -0.3 is 5.32 Å². The number of unbranched alkanes of at least 4 members (excludes halogenated alkanes) is 5. The maximum atomic E-state index is 11.7. The summed E-state index contributed by atoms with van der Waals surface area (Å²) in [6, 6.07) is 8.04. The highest BCUT2D eigenvalue weighted by atomic mass is 79.9. The van der Waals surface area contributed by atoms with Crippen molar-refractivity contribution in [3.63, 3.8) is 0 Å². The molecule has 0 spiro atoms. The highest BCUT2D eigenvalue weighted by molar-refractivity contribution is 9.10. The Labute approximate surface area is 125 Å². The predicted molar refractivity (Wildman–Crippen MR) is 84.0 cm³/mol.